The minimum Gasteiger partial charge on any atom is -0.481 e. The number of amides is 1. The average molecular weight is 226 g/mol. The Bertz CT molecular complexity index is 315. The van der Waals surface area contributed by atoms with E-state index in [0.717, 1.165) is 0 Å². The van der Waals surface area contributed by atoms with Crippen LogP contribution in [0.4, 0.5) is 0 Å². The molecule has 1 aliphatic rings. The van der Waals surface area contributed by atoms with Crippen LogP contribution >= 0.6 is 0 Å². The number of carboxylic acids is 1. The summed E-state index contributed by atoms with van der Waals surface area (Å²) in [5.41, 5.74) is -0.881. The van der Waals surface area contributed by atoms with Gasteiger partial charge < -0.3 is 15.2 Å². The summed E-state index contributed by atoms with van der Waals surface area (Å²) in [4.78, 5) is 21.7. The zero-order chi connectivity index (χ0) is 12.0. The molecular formula is C10H14N2O4. The van der Waals surface area contributed by atoms with Crippen molar-refractivity contribution in [2.75, 3.05) is 13.2 Å². The number of nitrogens with zero attached hydrogens (tertiary/aromatic N) is 1. The van der Waals surface area contributed by atoms with Crippen LogP contribution in [0.5, 0.6) is 0 Å². The third-order valence-corrected chi connectivity index (χ3v) is 2.50. The highest BCUT2D eigenvalue weighted by molar-refractivity contribution is 5.81. The Morgan fingerprint density at radius 3 is 2.50 bits per heavy atom. The first-order valence-electron chi connectivity index (χ1n) is 5.10. The van der Waals surface area contributed by atoms with Gasteiger partial charge >= 0.3 is 5.97 Å². The monoisotopic (exact) mass is 226 g/mol. The molecule has 0 unspecified atom stereocenters. The molecule has 2 N–H and O–H groups in total. The Morgan fingerprint density at radius 2 is 2.00 bits per heavy atom. The van der Waals surface area contributed by atoms with Crippen LogP contribution in [0.15, 0.2) is 0 Å². The van der Waals surface area contributed by atoms with Gasteiger partial charge in [-0.05, 0) is 0 Å². The molecule has 0 spiro atoms. The Kier molecular flexibility index (Phi) is 4.26. The van der Waals surface area contributed by atoms with E-state index in [2.05, 4.69) is 11.4 Å². The summed E-state index contributed by atoms with van der Waals surface area (Å²) in [6, 6.07) is 2.08. The second kappa shape index (κ2) is 5.47. The smallest absolute Gasteiger partial charge is 0.303 e. The third-order valence-electron chi connectivity index (χ3n) is 2.50. The van der Waals surface area contributed by atoms with Gasteiger partial charge in [0.25, 0.3) is 0 Å². The van der Waals surface area contributed by atoms with Gasteiger partial charge in [0.1, 0.15) is 5.54 Å². The molecule has 0 saturated carbocycles. The fraction of sp³-hybridized carbons (Fsp3) is 0.700. The number of ether oxygens (including phenoxy) is 1. The number of hydrogen-bond acceptors (Lipinski definition) is 4. The lowest BCUT2D eigenvalue weighted by atomic mass is 9.91. The molecule has 6 heteroatoms. The summed E-state index contributed by atoms with van der Waals surface area (Å²) in [6.45, 7) is 0.875. The van der Waals surface area contributed by atoms with Crippen LogP contribution in [0.1, 0.15) is 25.7 Å². The molecule has 1 fully saturated rings. The molecule has 0 aliphatic carbocycles. The van der Waals surface area contributed by atoms with Gasteiger partial charge in [-0.2, -0.15) is 5.26 Å². The molecule has 1 saturated heterocycles. The lowest BCUT2D eigenvalue weighted by Crippen LogP contribution is -2.50. The van der Waals surface area contributed by atoms with E-state index in [1.54, 1.807) is 0 Å². The summed E-state index contributed by atoms with van der Waals surface area (Å²) in [7, 11) is 0. The maximum absolute atomic E-state index is 11.4. The molecule has 1 rings (SSSR count). The van der Waals surface area contributed by atoms with Gasteiger partial charge in [-0.15, -0.1) is 0 Å². The van der Waals surface area contributed by atoms with Crippen molar-refractivity contribution < 1.29 is 19.4 Å². The number of aliphatic carboxylic acids is 1. The van der Waals surface area contributed by atoms with E-state index in [-0.39, 0.29) is 12.8 Å². The highest BCUT2D eigenvalue weighted by Crippen LogP contribution is 2.19. The first kappa shape index (κ1) is 12.5. The zero-order valence-corrected chi connectivity index (χ0v) is 8.86. The van der Waals surface area contributed by atoms with E-state index in [9.17, 15) is 9.59 Å². The van der Waals surface area contributed by atoms with Crippen LogP contribution in [0, 0.1) is 11.3 Å². The summed E-state index contributed by atoms with van der Waals surface area (Å²) < 4.78 is 5.11. The number of nitrogens with one attached hydrogen (secondary N) is 1. The van der Waals surface area contributed by atoms with Gasteiger partial charge in [0.2, 0.25) is 5.91 Å². The van der Waals surface area contributed by atoms with Crippen LogP contribution in [0.25, 0.3) is 0 Å². The fourth-order valence-electron chi connectivity index (χ4n) is 1.53. The van der Waals surface area contributed by atoms with Crippen molar-refractivity contribution in [1.29, 1.82) is 5.26 Å². The SMILES string of the molecule is N#CC1(NC(=O)CCC(=O)O)CCOCC1. The molecule has 0 bridgehead atoms. The molecule has 1 heterocycles. The number of nitriles is 1. The minimum atomic E-state index is -1.02. The van der Waals surface area contributed by atoms with Crippen molar-refractivity contribution in [2.24, 2.45) is 0 Å². The van der Waals surface area contributed by atoms with Crippen LogP contribution in [0.2, 0.25) is 0 Å². The summed E-state index contributed by atoms with van der Waals surface area (Å²) in [5, 5.41) is 20.0. The van der Waals surface area contributed by atoms with Crippen molar-refractivity contribution in [3.8, 4) is 6.07 Å². The molecule has 1 amide bonds. The predicted octanol–water partition coefficient (Wildman–Crippen LogP) is 0.0402. The van der Waals surface area contributed by atoms with Crippen LogP contribution < -0.4 is 5.32 Å². The second-order valence-electron chi connectivity index (χ2n) is 3.75. The summed E-state index contributed by atoms with van der Waals surface area (Å²) >= 11 is 0. The average Bonchev–Trinajstić information content (AvgIpc) is 2.28. The van der Waals surface area contributed by atoms with Gasteiger partial charge in [-0.25, -0.2) is 0 Å². The fourth-order valence-corrected chi connectivity index (χ4v) is 1.53. The molecule has 0 radical (unpaired) electrons. The van der Waals surface area contributed by atoms with E-state index in [1.165, 1.54) is 0 Å². The maximum atomic E-state index is 11.4. The number of hydrogen-bond donors (Lipinski definition) is 2. The quantitative estimate of drug-likeness (QED) is 0.705. The zero-order valence-electron chi connectivity index (χ0n) is 8.86. The first-order valence-corrected chi connectivity index (χ1v) is 5.10. The van der Waals surface area contributed by atoms with Gasteiger partial charge in [-0.3, -0.25) is 9.59 Å². The van der Waals surface area contributed by atoms with E-state index in [4.69, 9.17) is 15.1 Å². The summed E-state index contributed by atoms with van der Waals surface area (Å²) in [5.74, 6) is -1.42. The molecule has 1 aliphatic heterocycles. The normalized spacial score (nSPS) is 18.4. The molecule has 16 heavy (non-hydrogen) atoms. The molecule has 6 nitrogen and oxygen atoms in total. The van der Waals surface area contributed by atoms with Crippen molar-refractivity contribution in [1.82, 2.24) is 5.32 Å². The largest absolute Gasteiger partial charge is 0.481 e. The maximum Gasteiger partial charge on any atom is 0.303 e. The molecule has 0 aromatic rings. The van der Waals surface area contributed by atoms with Crippen LogP contribution in [0.3, 0.4) is 0 Å². The van der Waals surface area contributed by atoms with Gasteiger partial charge in [-0.1, -0.05) is 0 Å². The highest BCUT2D eigenvalue weighted by atomic mass is 16.5. The highest BCUT2D eigenvalue weighted by Gasteiger charge is 2.34. The van der Waals surface area contributed by atoms with Crippen LogP contribution in [-0.4, -0.2) is 35.7 Å². The lowest BCUT2D eigenvalue weighted by molar-refractivity contribution is -0.139. The predicted molar refractivity (Wildman–Crippen MR) is 53.4 cm³/mol. The Labute approximate surface area is 93.2 Å². The number of carboxylic acid groups (broad SMARTS) is 1. The van der Waals surface area contributed by atoms with Gasteiger partial charge in [0, 0.05) is 32.5 Å². The van der Waals surface area contributed by atoms with Crippen molar-refractivity contribution in [3.05, 3.63) is 0 Å². The summed E-state index contributed by atoms with van der Waals surface area (Å²) in [6.07, 6.45) is 0.577. The molecule has 88 valence electrons. The lowest BCUT2D eigenvalue weighted by Gasteiger charge is -2.31. The van der Waals surface area contributed by atoms with Gasteiger partial charge in [0.15, 0.2) is 0 Å². The third kappa shape index (κ3) is 3.51. The first-order chi connectivity index (χ1) is 7.58. The van der Waals surface area contributed by atoms with E-state index in [1.807, 2.05) is 0 Å². The molecule has 0 atom stereocenters. The molecule has 0 aromatic carbocycles. The minimum absolute atomic E-state index is 0.0976. The van der Waals surface area contributed by atoms with Crippen molar-refractivity contribution in [3.63, 3.8) is 0 Å². The van der Waals surface area contributed by atoms with Gasteiger partial charge in [0.05, 0.1) is 12.5 Å². The topological polar surface area (TPSA) is 99.4 Å². The van der Waals surface area contributed by atoms with E-state index >= 15 is 0 Å². The van der Waals surface area contributed by atoms with E-state index in [0.29, 0.717) is 26.1 Å². The Hall–Kier alpha value is -1.61. The second-order valence-corrected chi connectivity index (χ2v) is 3.75. The number of carbonyl (C=O) groups is 2. The van der Waals surface area contributed by atoms with Crippen molar-refractivity contribution in [2.45, 2.75) is 31.2 Å². The number of carbonyl (C=O) groups excluding carboxylic acids is 1. The molecular weight excluding hydrogens is 212 g/mol. The Morgan fingerprint density at radius 1 is 1.38 bits per heavy atom. The van der Waals surface area contributed by atoms with E-state index < -0.39 is 17.4 Å². The standard InChI is InChI=1S/C10H14N2O4/c11-7-10(3-5-16-6-4-10)12-8(13)1-2-9(14)15/h1-6H2,(H,12,13)(H,14,15). The number of rotatable bonds is 4. The van der Waals surface area contributed by atoms with Crippen LogP contribution in [-0.2, 0) is 14.3 Å². The van der Waals surface area contributed by atoms with Crippen molar-refractivity contribution >= 4 is 11.9 Å². The Balaban J connectivity index is 2.46. The molecule has 0 aromatic heterocycles.